The van der Waals surface area contributed by atoms with Crippen molar-refractivity contribution in [2.45, 2.75) is 65.2 Å². The Morgan fingerprint density at radius 3 is 1.41 bits per heavy atom. The number of carbonyl (C=O) groups is 2. The van der Waals surface area contributed by atoms with Crippen molar-refractivity contribution < 1.29 is 19.1 Å². The smallest absolute Gasteiger partial charge is 0.306 e. The van der Waals surface area contributed by atoms with Crippen LogP contribution < -0.4 is 0 Å². The summed E-state index contributed by atoms with van der Waals surface area (Å²) in [5, 5.41) is 0. The average molecular weight is 310 g/mol. The molecule has 0 saturated carbocycles. The zero-order chi connectivity index (χ0) is 16.5. The number of rotatable bonds is 13. The average Bonchev–Trinajstić information content (AvgIpc) is 2.50. The molecule has 4 nitrogen and oxygen atoms in total. The van der Waals surface area contributed by atoms with Crippen LogP contribution in [0.25, 0.3) is 0 Å². The summed E-state index contributed by atoms with van der Waals surface area (Å²) in [6.45, 7) is 4.55. The van der Waals surface area contributed by atoms with Crippen LogP contribution in [0.3, 0.4) is 0 Å². The van der Waals surface area contributed by atoms with Gasteiger partial charge in [0.05, 0.1) is 0 Å². The molecule has 4 heteroatoms. The number of hydrogen-bond acceptors (Lipinski definition) is 4. The third-order valence-corrected chi connectivity index (χ3v) is 3.16. The third kappa shape index (κ3) is 14.8. The van der Waals surface area contributed by atoms with Crippen molar-refractivity contribution in [3.63, 3.8) is 0 Å². The fraction of sp³-hybridized carbons (Fsp3) is 0.667. The minimum atomic E-state index is -0.123. The van der Waals surface area contributed by atoms with Crippen molar-refractivity contribution in [2.24, 2.45) is 0 Å². The maximum absolute atomic E-state index is 11.3. The molecule has 0 radical (unpaired) electrons. The molecule has 22 heavy (non-hydrogen) atoms. The number of ether oxygens (including phenoxy) is 2. The van der Waals surface area contributed by atoms with Crippen LogP contribution in [0.4, 0.5) is 0 Å². The fourth-order valence-electron chi connectivity index (χ4n) is 1.86. The number of esters is 2. The van der Waals surface area contributed by atoms with E-state index in [1.807, 2.05) is 38.2 Å². The highest BCUT2D eigenvalue weighted by molar-refractivity contribution is 5.69. The Balaban J connectivity index is 3.29. The monoisotopic (exact) mass is 310 g/mol. The lowest BCUT2D eigenvalue weighted by Gasteiger charge is -2.03. The summed E-state index contributed by atoms with van der Waals surface area (Å²) in [5.74, 6) is -0.246. The van der Waals surface area contributed by atoms with Gasteiger partial charge < -0.3 is 9.47 Å². The molecule has 0 heterocycles. The molecule has 0 fully saturated rings. The molecular weight excluding hydrogens is 280 g/mol. The Labute approximate surface area is 134 Å². The van der Waals surface area contributed by atoms with Crippen LogP contribution in [0.5, 0.6) is 0 Å². The summed E-state index contributed by atoms with van der Waals surface area (Å²) in [4.78, 5) is 22.6. The van der Waals surface area contributed by atoms with Crippen LogP contribution in [0.15, 0.2) is 24.3 Å². The van der Waals surface area contributed by atoms with Crippen molar-refractivity contribution in [3.05, 3.63) is 24.3 Å². The molecule has 0 unspecified atom stereocenters. The Morgan fingerprint density at radius 1 is 0.682 bits per heavy atom. The van der Waals surface area contributed by atoms with Gasteiger partial charge in [0.25, 0.3) is 0 Å². The standard InChI is InChI=1S/C18H30O4/c1-3-5-15-21-17(19)13-11-9-7-8-10-12-14-18(20)22-16-6-4-2/h3-6H,7-16H2,1-2H3/b5-3+,6-4+. The maximum Gasteiger partial charge on any atom is 0.306 e. The van der Waals surface area contributed by atoms with E-state index in [2.05, 4.69) is 0 Å². The van der Waals surface area contributed by atoms with E-state index in [1.54, 1.807) is 0 Å². The highest BCUT2D eigenvalue weighted by Crippen LogP contribution is 2.09. The quantitative estimate of drug-likeness (QED) is 0.288. The molecule has 0 spiro atoms. The molecule has 126 valence electrons. The summed E-state index contributed by atoms with van der Waals surface area (Å²) >= 11 is 0. The van der Waals surface area contributed by atoms with Crippen LogP contribution >= 0.6 is 0 Å². The van der Waals surface area contributed by atoms with Crippen LogP contribution in [0.2, 0.25) is 0 Å². The zero-order valence-corrected chi connectivity index (χ0v) is 14.0. The third-order valence-electron chi connectivity index (χ3n) is 3.16. The van der Waals surface area contributed by atoms with Gasteiger partial charge >= 0.3 is 11.9 Å². The van der Waals surface area contributed by atoms with E-state index in [1.165, 1.54) is 0 Å². The fourth-order valence-corrected chi connectivity index (χ4v) is 1.86. The van der Waals surface area contributed by atoms with E-state index in [4.69, 9.17) is 9.47 Å². The SMILES string of the molecule is C/C=C/COC(=O)CCCCCCCCC(=O)OC/C=C/C. The normalized spacial score (nSPS) is 11.2. The summed E-state index contributed by atoms with van der Waals surface area (Å²) in [6.07, 6.45) is 14.4. The van der Waals surface area contributed by atoms with Gasteiger partial charge in [-0.05, 0) is 26.7 Å². The van der Waals surface area contributed by atoms with E-state index in [9.17, 15) is 9.59 Å². The Bertz CT molecular complexity index is 311. The Kier molecular flexibility index (Phi) is 14.7. The highest BCUT2D eigenvalue weighted by atomic mass is 16.5. The highest BCUT2D eigenvalue weighted by Gasteiger charge is 2.02. The molecule has 0 bridgehead atoms. The lowest BCUT2D eigenvalue weighted by Crippen LogP contribution is -2.04. The molecule has 0 saturated heterocycles. The molecular formula is C18H30O4. The van der Waals surface area contributed by atoms with Gasteiger partial charge in [0, 0.05) is 12.8 Å². The molecule has 0 aromatic carbocycles. The maximum atomic E-state index is 11.3. The zero-order valence-electron chi connectivity index (χ0n) is 14.0. The first-order chi connectivity index (χ1) is 10.7. The summed E-state index contributed by atoms with van der Waals surface area (Å²) in [6, 6.07) is 0. The number of unbranched alkanes of at least 4 members (excludes halogenated alkanes) is 5. The number of carbonyl (C=O) groups excluding carboxylic acids is 2. The molecule has 0 aliphatic rings. The van der Waals surface area contributed by atoms with E-state index in [0.29, 0.717) is 26.1 Å². The van der Waals surface area contributed by atoms with Crippen LogP contribution in [0, 0.1) is 0 Å². The van der Waals surface area contributed by atoms with Gasteiger partial charge in [0.1, 0.15) is 13.2 Å². The predicted octanol–water partition coefficient (Wildman–Crippen LogP) is 4.35. The van der Waals surface area contributed by atoms with E-state index in [-0.39, 0.29) is 11.9 Å². The molecule has 0 amide bonds. The van der Waals surface area contributed by atoms with Crippen molar-refractivity contribution in [1.29, 1.82) is 0 Å². The minimum Gasteiger partial charge on any atom is -0.461 e. The van der Waals surface area contributed by atoms with Gasteiger partial charge in [-0.1, -0.05) is 50.0 Å². The topological polar surface area (TPSA) is 52.6 Å². The predicted molar refractivity (Wildman–Crippen MR) is 88.5 cm³/mol. The first-order valence-corrected chi connectivity index (χ1v) is 8.24. The summed E-state index contributed by atoms with van der Waals surface area (Å²) in [5.41, 5.74) is 0. The molecule has 0 aliphatic carbocycles. The van der Waals surface area contributed by atoms with Gasteiger partial charge in [0.2, 0.25) is 0 Å². The molecule has 0 aromatic heterocycles. The van der Waals surface area contributed by atoms with Crippen LogP contribution in [-0.4, -0.2) is 25.2 Å². The van der Waals surface area contributed by atoms with Gasteiger partial charge in [0.15, 0.2) is 0 Å². The largest absolute Gasteiger partial charge is 0.461 e. The number of hydrogen-bond donors (Lipinski definition) is 0. The number of allylic oxidation sites excluding steroid dienone is 2. The second-order valence-electron chi connectivity index (χ2n) is 5.13. The first kappa shape index (κ1) is 20.4. The van der Waals surface area contributed by atoms with Crippen LogP contribution in [0.1, 0.15) is 65.2 Å². The van der Waals surface area contributed by atoms with Crippen molar-refractivity contribution in [3.8, 4) is 0 Å². The first-order valence-electron chi connectivity index (χ1n) is 8.24. The van der Waals surface area contributed by atoms with Gasteiger partial charge in [-0.15, -0.1) is 0 Å². The van der Waals surface area contributed by atoms with E-state index in [0.717, 1.165) is 38.5 Å². The van der Waals surface area contributed by atoms with Crippen molar-refractivity contribution in [1.82, 2.24) is 0 Å². The van der Waals surface area contributed by atoms with Crippen LogP contribution in [-0.2, 0) is 19.1 Å². The Morgan fingerprint density at radius 2 is 1.05 bits per heavy atom. The summed E-state index contributed by atoms with van der Waals surface area (Å²) < 4.78 is 10.0. The minimum absolute atomic E-state index is 0.123. The van der Waals surface area contributed by atoms with E-state index < -0.39 is 0 Å². The van der Waals surface area contributed by atoms with Gasteiger partial charge in [-0.25, -0.2) is 0 Å². The second-order valence-corrected chi connectivity index (χ2v) is 5.13. The molecule has 0 N–H and O–H groups in total. The molecule has 0 aromatic rings. The van der Waals surface area contributed by atoms with E-state index >= 15 is 0 Å². The van der Waals surface area contributed by atoms with Gasteiger partial charge in [-0.2, -0.15) is 0 Å². The second kappa shape index (κ2) is 15.8. The summed E-state index contributed by atoms with van der Waals surface area (Å²) in [7, 11) is 0. The molecule has 0 rings (SSSR count). The van der Waals surface area contributed by atoms with Gasteiger partial charge in [-0.3, -0.25) is 9.59 Å². The lowest BCUT2D eigenvalue weighted by atomic mass is 10.1. The van der Waals surface area contributed by atoms with Crippen molar-refractivity contribution in [2.75, 3.05) is 13.2 Å². The van der Waals surface area contributed by atoms with Crippen molar-refractivity contribution >= 4 is 11.9 Å². The lowest BCUT2D eigenvalue weighted by molar-refractivity contribution is -0.143. The molecule has 0 atom stereocenters. The molecule has 0 aliphatic heterocycles. The Hall–Kier alpha value is -1.58.